The van der Waals surface area contributed by atoms with Gasteiger partial charge >= 0.3 is 5.97 Å². The molecule has 1 aliphatic carbocycles. The molecule has 2 unspecified atom stereocenters. The summed E-state index contributed by atoms with van der Waals surface area (Å²) in [7, 11) is 0. The third-order valence-corrected chi connectivity index (χ3v) is 4.77. The molecular weight excluding hydrogens is 298 g/mol. The first-order valence-corrected chi connectivity index (χ1v) is 7.44. The van der Waals surface area contributed by atoms with E-state index in [1.54, 1.807) is 12.1 Å². The van der Waals surface area contributed by atoms with Crippen molar-refractivity contribution in [2.75, 3.05) is 0 Å². The molecule has 0 aliphatic heterocycles. The van der Waals surface area contributed by atoms with Gasteiger partial charge in [-0.1, -0.05) is 48.0 Å². The minimum atomic E-state index is -1.13. The highest BCUT2D eigenvalue weighted by molar-refractivity contribution is 6.30. The standard InChI is InChI=1S/C18H14ClNO2/c19-14-7-5-13(6-8-14)18(16(11-20)17(21)22)10-9-12-3-1-2-4-15(12)18/h1-8,16H,9-10H2,(H,21,22). The largest absolute Gasteiger partial charge is 0.480 e. The molecule has 2 atom stereocenters. The average molecular weight is 312 g/mol. The number of carboxylic acids is 1. The van der Waals surface area contributed by atoms with Gasteiger partial charge in [0.25, 0.3) is 0 Å². The van der Waals surface area contributed by atoms with E-state index in [4.69, 9.17) is 11.6 Å². The first kappa shape index (κ1) is 14.6. The summed E-state index contributed by atoms with van der Waals surface area (Å²) in [6, 6.07) is 16.9. The van der Waals surface area contributed by atoms with Crippen LogP contribution in [0.25, 0.3) is 0 Å². The number of hydrogen-bond acceptors (Lipinski definition) is 2. The summed E-state index contributed by atoms with van der Waals surface area (Å²) < 4.78 is 0. The third kappa shape index (κ3) is 2.08. The summed E-state index contributed by atoms with van der Waals surface area (Å²) in [4.78, 5) is 11.7. The van der Waals surface area contributed by atoms with E-state index in [1.807, 2.05) is 42.5 Å². The lowest BCUT2D eigenvalue weighted by Gasteiger charge is -2.33. The van der Waals surface area contributed by atoms with Gasteiger partial charge in [-0.2, -0.15) is 5.26 Å². The summed E-state index contributed by atoms with van der Waals surface area (Å²) >= 11 is 5.96. The minimum absolute atomic E-state index is 0.592. The number of nitriles is 1. The van der Waals surface area contributed by atoms with Crippen molar-refractivity contribution >= 4 is 17.6 Å². The SMILES string of the molecule is N#CC(C(=O)O)C1(c2ccc(Cl)cc2)CCc2ccccc21. The van der Waals surface area contributed by atoms with Gasteiger partial charge in [0.1, 0.15) is 0 Å². The van der Waals surface area contributed by atoms with Gasteiger partial charge in [-0.3, -0.25) is 4.79 Å². The van der Waals surface area contributed by atoms with Crippen LogP contribution in [0.15, 0.2) is 48.5 Å². The molecule has 0 bridgehead atoms. The predicted molar refractivity (Wildman–Crippen MR) is 83.7 cm³/mol. The second-order valence-corrected chi connectivity index (χ2v) is 5.97. The van der Waals surface area contributed by atoms with Crippen molar-refractivity contribution in [3.05, 3.63) is 70.2 Å². The second kappa shape index (κ2) is 5.47. The van der Waals surface area contributed by atoms with E-state index in [0.29, 0.717) is 11.4 Å². The average Bonchev–Trinajstić information content (AvgIpc) is 2.89. The Morgan fingerprint density at radius 2 is 1.91 bits per heavy atom. The van der Waals surface area contributed by atoms with Gasteiger partial charge in [0.2, 0.25) is 0 Å². The Labute approximate surface area is 133 Å². The molecule has 0 radical (unpaired) electrons. The molecule has 0 fully saturated rings. The Hall–Kier alpha value is -2.31. The molecule has 4 heteroatoms. The minimum Gasteiger partial charge on any atom is -0.480 e. The van der Waals surface area contributed by atoms with Crippen LogP contribution >= 0.6 is 11.6 Å². The fourth-order valence-electron chi connectivity index (χ4n) is 3.53. The van der Waals surface area contributed by atoms with E-state index in [0.717, 1.165) is 23.1 Å². The van der Waals surface area contributed by atoms with Crippen molar-refractivity contribution in [3.63, 3.8) is 0 Å². The number of carboxylic acid groups (broad SMARTS) is 1. The maximum Gasteiger partial charge on any atom is 0.322 e. The van der Waals surface area contributed by atoms with Crippen LogP contribution < -0.4 is 0 Å². The summed E-state index contributed by atoms with van der Waals surface area (Å²) in [5, 5.41) is 19.7. The zero-order valence-electron chi connectivity index (χ0n) is 11.8. The highest BCUT2D eigenvalue weighted by Crippen LogP contribution is 2.49. The van der Waals surface area contributed by atoms with Gasteiger partial charge in [-0.05, 0) is 41.7 Å². The second-order valence-electron chi connectivity index (χ2n) is 5.54. The molecule has 110 valence electrons. The molecule has 0 aromatic heterocycles. The summed E-state index contributed by atoms with van der Waals surface area (Å²) in [6.45, 7) is 0. The highest BCUT2D eigenvalue weighted by atomic mass is 35.5. The Morgan fingerprint density at radius 1 is 1.23 bits per heavy atom. The zero-order chi connectivity index (χ0) is 15.7. The normalized spacial score (nSPS) is 20.9. The molecule has 3 nitrogen and oxygen atoms in total. The lowest BCUT2D eigenvalue weighted by molar-refractivity contribution is -0.141. The lowest BCUT2D eigenvalue weighted by Crippen LogP contribution is -2.38. The third-order valence-electron chi connectivity index (χ3n) is 4.51. The first-order valence-electron chi connectivity index (χ1n) is 7.06. The van der Waals surface area contributed by atoms with E-state index in [1.165, 1.54) is 0 Å². The van der Waals surface area contributed by atoms with Crippen molar-refractivity contribution in [1.29, 1.82) is 5.26 Å². The van der Waals surface area contributed by atoms with Crippen LogP contribution in [0.2, 0.25) is 5.02 Å². The number of nitrogens with zero attached hydrogens (tertiary/aromatic N) is 1. The molecule has 2 aromatic carbocycles. The Bertz CT molecular complexity index is 763. The van der Waals surface area contributed by atoms with Gasteiger partial charge in [0, 0.05) is 10.4 Å². The monoisotopic (exact) mass is 311 g/mol. The molecular formula is C18H14ClNO2. The van der Waals surface area contributed by atoms with Gasteiger partial charge in [0.05, 0.1) is 6.07 Å². The number of aliphatic carboxylic acids is 1. The Balaban J connectivity index is 2.27. The van der Waals surface area contributed by atoms with Crippen LogP contribution in [0.4, 0.5) is 0 Å². The first-order chi connectivity index (χ1) is 10.6. The van der Waals surface area contributed by atoms with Crippen LogP contribution in [0.1, 0.15) is 23.1 Å². The van der Waals surface area contributed by atoms with Gasteiger partial charge in [-0.15, -0.1) is 0 Å². The highest BCUT2D eigenvalue weighted by Gasteiger charge is 2.50. The van der Waals surface area contributed by atoms with Crippen LogP contribution in [0.5, 0.6) is 0 Å². The van der Waals surface area contributed by atoms with Gasteiger partial charge in [0.15, 0.2) is 5.92 Å². The Kier molecular flexibility index (Phi) is 3.64. The molecule has 1 aliphatic rings. The van der Waals surface area contributed by atoms with Crippen LogP contribution in [-0.4, -0.2) is 11.1 Å². The summed E-state index contributed by atoms with van der Waals surface area (Å²) in [5.41, 5.74) is 2.06. The fourth-order valence-corrected chi connectivity index (χ4v) is 3.66. The molecule has 1 N–H and O–H groups in total. The summed E-state index contributed by atoms with van der Waals surface area (Å²) in [5.74, 6) is -2.22. The molecule has 0 saturated heterocycles. The van der Waals surface area contributed by atoms with Crippen molar-refractivity contribution in [1.82, 2.24) is 0 Å². The van der Waals surface area contributed by atoms with E-state index in [-0.39, 0.29) is 0 Å². The number of hydrogen-bond donors (Lipinski definition) is 1. The van der Waals surface area contributed by atoms with E-state index in [9.17, 15) is 15.2 Å². The number of rotatable bonds is 3. The number of halogens is 1. The number of benzene rings is 2. The molecule has 0 amide bonds. The summed E-state index contributed by atoms with van der Waals surface area (Å²) in [6.07, 6.45) is 1.38. The maximum absolute atomic E-state index is 11.7. The van der Waals surface area contributed by atoms with E-state index < -0.39 is 17.3 Å². The maximum atomic E-state index is 11.7. The smallest absolute Gasteiger partial charge is 0.322 e. The van der Waals surface area contributed by atoms with Gasteiger partial charge in [-0.25, -0.2) is 0 Å². The van der Waals surface area contributed by atoms with E-state index in [2.05, 4.69) is 0 Å². The molecule has 3 rings (SSSR count). The molecule has 0 heterocycles. The molecule has 0 saturated carbocycles. The van der Waals surface area contributed by atoms with Gasteiger partial charge < -0.3 is 5.11 Å². The zero-order valence-corrected chi connectivity index (χ0v) is 12.5. The lowest BCUT2D eigenvalue weighted by atomic mass is 9.67. The van der Waals surface area contributed by atoms with Crippen molar-refractivity contribution in [3.8, 4) is 6.07 Å². The van der Waals surface area contributed by atoms with Crippen molar-refractivity contribution < 1.29 is 9.90 Å². The molecule has 22 heavy (non-hydrogen) atoms. The topological polar surface area (TPSA) is 61.1 Å². The van der Waals surface area contributed by atoms with Crippen LogP contribution in [0, 0.1) is 17.2 Å². The molecule has 2 aromatic rings. The number of fused-ring (bicyclic) bond motifs is 1. The number of carbonyl (C=O) groups is 1. The van der Waals surface area contributed by atoms with Crippen LogP contribution in [0.3, 0.4) is 0 Å². The van der Waals surface area contributed by atoms with Crippen molar-refractivity contribution in [2.45, 2.75) is 18.3 Å². The number of aryl methyl sites for hydroxylation is 1. The quantitative estimate of drug-likeness (QED) is 0.938. The molecule has 0 spiro atoms. The van der Waals surface area contributed by atoms with Crippen molar-refractivity contribution in [2.24, 2.45) is 5.92 Å². The van der Waals surface area contributed by atoms with Crippen LogP contribution in [-0.2, 0) is 16.6 Å². The fraction of sp³-hybridized carbons (Fsp3) is 0.222. The van der Waals surface area contributed by atoms with E-state index >= 15 is 0 Å². The predicted octanol–water partition coefficient (Wildman–Crippen LogP) is 3.80. The Morgan fingerprint density at radius 3 is 2.55 bits per heavy atom.